The van der Waals surface area contributed by atoms with Crippen LogP contribution in [0.4, 0.5) is 0 Å². The Morgan fingerprint density at radius 3 is 2.65 bits per heavy atom. The highest BCUT2D eigenvalue weighted by atomic mass is 16.4. The largest absolute Gasteiger partial charge is 0.481 e. The van der Waals surface area contributed by atoms with Gasteiger partial charge in [0.05, 0.1) is 5.92 Å². The molecule has 6 heteroatoms. The standard InChI is InChI=1S/C14H22N2O4/c1-2-11(16-8-4-6-12(16)17)13(18)15-7-3-5-10(9-15)14(19)20/h10-11H,2-9H2,1H3,(H,19,20). The van der Waals surface area contributed by atoms with E-state index in [1.54, 1.807) is 9.80 Å². The molecule has 6 nitrogen and oxygen atoms in total. The Hall–Kier alpha value is -1.59. The summed E-state index contributed by atoms with van der Waals surface area (Å²) in [5.41, 5.74) is 0. The van der Waals surface area contributed by atoms with Crippen LogP contribution in [-0.4, -0.2) is 58.4 Å². The molecular weight excluding hydrogens is 260 g/mol. The molecule has 2 heterocycles. The molecule has 2 unspecified atom stereocenters. The number of hydrogen-bond acceptors (Lipinski definition) is 3. The molecule has 2 aliphatic rings. The summed E-state index contributed by atoms with van der Waals surface area (Å²) in [7, 11) is 0. The normalized spacial score (nSPS) is 24.9. The van der Waals surface area contributed by atoms with E-state index >= 15 is 0 Å². The fraction of sp³-hybridized carbons (Fsp3) is 0.786. The molecule has 1 N–H and O–H groups in total. The molecule has 2 atom stereocenters. The minimum Gasteiger partial charge on any atom is -0.481 e. The molecule has 0 spiro atoms. The molecule has 0 aliphatic carbocycles. The predicted octanol–water partition coefficient (Wildman–Crippen LogP) is 0.711. The van der Waals surface area contributed by atoms with Crippen LogP contribution >= 0.6 is 0 Å². The van der Waals surface area contributed by atoms with Crippen LogP contribution in [-0.2, 0) is 14.4 Å². The van der Waals surface area contributed by atoms with Gasteiger partial charge in [0.1, 0.15) is 6.04 Å². The van der Waals surface area contributed by atoms with Crippen molar-refractivity contribution in [2.75, 3.05) is 19.6 Å². The van der Waals surface area contributed by atoms with Crippen molar-refractivity contribution in [3.8, 4) is 0 Å². The minimum atomic E-state index is -0.840. The van der Waals surface area contributed by atoms with Gasteiger partial charge in [-0.3, -0.25) is 14.4 Å². The van der Waals surface area contributed by atoms with Gasteiger partial charge in [-0.2, -0.15) is 0 Å². The number of aliphatic carboxylic acids is 1. The van der Waals surface area contributed by atoms with Gasteiger partial charge in [0, 0.05) is 26.1 Å². The van der Waals surface area contributed by atoms with Crippen molar-refractivity contribution in [2.45, 2.75) is 45.1 Å². The number of amides is 2. The van der Waals surface area contributed by atoms with E-state index in [0.717, 1.165) is 6.42 Å². The number of likely N-dealkylation sites (tertiary alicyclic amines) is 2. The average molecular weight is 282 g/mol. The van der Waals surface area contributed by atoms with E-state index in [1.807, 2.05) is 6.92 Å². The van der Waals surface area contributed by atoms with Gasteiger partial charge in [-0.15, -0.1) is 0 Å². The number of rotatable bonds is 4. The topological polar surface area (TPSA) is 77.9 Å². The Labute approximate surface area is 118 Å². The third-order valence-electron chi connectivity index (χ3n) is 4.24. The summed E-state index contributed by atoms with van der Waals surface area (Å²) in [4.78, 5) is 38.7. The zero-order chi connectivity index (χ0) is 14.7. The van der Waals surface area contributed by atoms with E-state index in [-0.39, 0.29) is 18.4 Å². The van der Waals surface area contributed by atoms with Gasteiger partial charge in [0.15, 0.2) is 0 Å². The monoisotopic (exact) mass is 282 g/mol. The first-order chi connectivity index (χ1) is 9.54. The summed E-state index contributed by atoms with van der Waals surface area (Å²) in [6.45, 7) is 3.40. The van der Waals surface area contributed by atoms with Crippen LogP contribution in [0.5, 0.6) is 0 Å². The van der Waals surface area contributed by atoms with Crippen molar-refractivity contribution in [1.29, 1.82) is 0 Å². The number of nitrogens with zero attached hydrogens (tertiary/aromatic N) is 2. The Bertz CT molecular complexity index is 410. The van der Waals surface area contributed by atoms with E-state index in [2.05, 4.69) is 0 Å². The quantitative estimate of drug-likeness (QED) is 0.823. The van der Waals surface area contributed by atoms with Crippen molar-refractivity contribution in [3.63, 3.8) is 0 Å². The lowest BCUT2D eigenvalue weighted by atomic mass is 9.97. The molecular formula is C14H22N2O4. The Morgan fingerprint density at radius 1 is 1.35 bits per heavy atom. The SMILES string of the molecule is CCC(C(=O)N1CCCC(C(=O)O)C1)N1CCCC1=O. The second-order valence-electron chi connectivity index (χ2n) is 5.58. The van der Waals surface area contributed by atoms with E-state index < -0.39 is 17.9 Å². The lowest BCUT2D eigenvalue weighted by Gasteiger charge is -2.35. The Kier molecular flexibility index (Phi) is 4.62. The maximum atomic E-state index is 12.6. The Balaban J connectivity index is 2.04. The molecule has 2 rings (SSSR count). The van der Waals surface area contributed by atoms with Crippen LogP contribution in [0.2, 0.25) is 0 Å². The van der Waals surface area contributed by atoms with Crippen LogP contribution in [0.1, 0.15) is 39.0 Å². The number of piperidine rings is 1. The summed E-state index contributed by atoms with van der Waals surface area (Å²) < 4.78 is 0. The fourth-order valence-electron chi connectivity index (χ4n) is 3.12. The third kappa shape index (κ3) is 2.94. The maximum absolute atomic E-state index is 12.6. The molecule has 2 amide bonds. The number of hydrogen-bond donors (Lipinski definition) is 1. The van der Waals surface area contributed by atoms with Crippen LogP contribution in [0.25, 0.3) is 0 Å². The molecule has 0 saturated carbocycles. The van der Waals surface area contributed by atoms with Crippen LogP contribution in [0.15, 0.2) is 0 Å². The second-order valence-corrected chi connectivity index (χ2v) is 5.58. The van der Waals surface area contributed by atoms with Crippen LogP contribution in [0.3, 0.4) is 0 Å². The lowest BCUT2D eigenvalue weighted by Crippen LogP contribution is -2.52. The molecule has 0 aromatic carbocycles. The van der Waals surface area contributed by atoms with Crippen LogP contribution in [0, 0.1) is 5.92 Å². The highest BCUT2D eigenvalue weighted by Gasteiger charge is 2.36. The van der Waals surface area contributed by atoms with Gasteiger partial charge < -0.3 is 14.9 Å². The molecule has 2 aliphatic heterocycles. The van der Waals surface area contributed by atoms with Gasteiger partial charge >= 0.3 is 5.97 Å². The second kappa shape index (κ2) is 6.24. The number of carbonyl (C=O) groups excluding carboxylic acids is 2. The first kappa shape index (κ1) is 14.8. The molecule has 2 fully saturated rings. The zero-order valence-corrected chi connectivity index (χ0v) is 11.9. The highest BCUT2D eigenvalue weighted by molar-refractivity contribution is 5.89. The number of carbonyl (C=O) groups is 3. The summed E-state index contributed by atoms with van der Waals surface area (Å²) in [6, 6.07) is -0.419. The van der Waals surface area contributed by atoms with Gasteiger partial charge in [-0.1, -0.05) is 6.92 Å². The summed E-state index contributed by atoms with van der Waals surface area (Å²) >= 11 is 0. The van der Waals surface area contributed by atoms with Crippen molar-refractivity contribution in [1.82, 2.24) is 9.80 Å². The van der Waals surface area contributed by atoms with Crippen molar-refractivity contribution in [2.24, 2.45) is 5.92 Å². The van der Waals surface area contributed by atoms with Crippen molar-refractivity contribution < 1.29 is 19.5 Å². The van der Waals surface area contributed by atoms with Gasteiger partial charge in [0.2, 0.25) is 11.8 Å². The van der Waals surface area contributed by atoms with E-state index in [0.29, 0.717) is 38.8 Å². The smallest absolute Gasteiger partial charge is 0.308 e. The summed E-state index contributed by atoms with van der Waals surface area (Å²) in [5, 5.41) is 9.08. The molecule has 0 aromatic rings. The summed E-state index contributed by atoms with van der Waals surface area (Å²) in [6.07, 6.45) is 3.24. The summed E-state index contributed by atoms with van der Waals surface area (Å²) in [5.74, 6) is -1.36. The lowest BCUT2D eigenvalue weighted by molar-refractivity contribution is -0.149. The highest BCUT2D eigenvalue weighted by Crippen LogP contribution is 2.22. The fourth-order valence-corrected chi connectivity index (χ4v) is 3.12. The molecule has 20 heavy (non-hydrogen) atoms. The van der Waals surface area contributed by atoms with Gasteiger partial charge in [0.25, 0.3) is 0 Å². The van der Waals surface area contributed by atoms with Gasteiger partial charge in [-0.25, -0.2) is 0 Å². The predicted molar refractivity (Wildman–Crippen MR) is 72.0 cm³/mol. The van der Waals surface area contributed by atoms with E-state index in [9.17, 15) is 14.4 Å². The number of carboxylic acids is 1. The molecule has 0 bridgehead atoms. The van der Waals surface area contributed by atoms with Gasteiger partial charge in [-0.05, 0) is 25.7 Å². The number of carboxylic acid groups (broad SMARTS) is 1. The van der Waals surface area contributed by atoms with Crippen LogP contribution < -0.4 is 0 Å². The first-order valence-electron chi connectivity index (χ1n) is 7.35. The van der Waals surface area contributed by atoms with Crippen molar-refractivity contribution >= 4 is 17.8 Å². The average Bonchev–Trinajstić information content (AvgIpc) is 2.86. The minimum absolute atomic E-state index is 0.0389. The molecule has 2 saturated heterocycles. The molecule has 0 aromatic heterocycles. The zero-order valence-electron chi connectivity index (χ0n) is 11.9. The van der Waals surface area contributed by atoms with Crippen molar-refractivity contribution in [3.05, 3.63) is 0 Å². The Morgan fingerprint density at radius 2 is 2.10 bits per heavy atom. The third-order valence-corrected chi connectivity index (χ3v) is 4.24. The van der Waals surface area contributed by atoms with E-state index in [1.165, 1.54) is 0 Å². The first-order valence-corrected chi connectivity index (χ1v) is 7.35. The maximum Gasteiger partial charge on any atom is 0.308 e. The molecule has 112 valence electrons. The molecule has 0 radical (unpaired) electrons. The van der Waals surface area contributed by atoms with E-state index in [4.69, 9.17) is 5.11 Å².